The van der Waals surface area contributed by atoms with Crippen LogP contribution in [0.4, 0.5) is 5.13 Å². The van der Waals surface area contributed by atoms with Crippen LogP contribution in [0.3, 0.4) is 0 Å². The maximum atomic E-state index is 12.6. The number of nitrogens with one attached hydrogen (secondary N) is 1. The topological polar surface area (TPSA) is 82.5 Å². The first-order chi connectivity index (χ1) is 17.9. The number of hydrogen-bond acceptors (Lipinski definition) is 5. The van der Waals surface area contributed by atoms with Gasteiger partial charge in [-0.3, -0.25) is 4.79 Å². The molecule has 1 heterocycles. The molecule has 1 unspecified atom stereocenters. The molecule has 37 heavy (non-hydrogen) atoms. The summed E-state index contributed by atoms with van der Waals surface area (Å²) in [5.41, 5.74) is 3.59. The third-order valence-corrected chi connectivity index (χ3v) is 7.30. The van der Waals surface area contributed by atoms with E-state index in [9.17, 15) is 14.7 Å². The Hall–Kier alpha value is -3.71. The lowest BCUT2D eigenvalue weighted by atomic mass is 10.0. The van der Waals surface area contributed by atoms with E-state index in [2.05, 4.69) is 58.9 Å². The quantitative estimate of drug-likeness (QED) is 0.235. The van der Waals surface area contributed by atoms with Crippen molar-refractivity contribution in [2.45, 2.75) is 46.2 Å². The van der Waals surface area contributed by atoms with Gasteiger partial charge < -0.3 is 15.3 Å². The predicted molar refractivity (Wildman–Crippen MR) is 151 cm³/mol. The van der Waals surface area contributed by atoms with E-state index in [1.54, 1.807) is 37.3 Å². The molecule has 7 heteroatoms. The molecule has 2 N–H and O–H groups in total. The third kappa shape index (κ3) is 6.54. The predicted octanol–water partition coefficient (Wildman–Crippen LogP) is 6.61. The van der Waals surface area contributed by atoms with Crippen LogP contribution in [0, 0.1) is 5.92 Å². The molecule has 0 aliphatic rings. The molecule has 1 amide bonds. The summed E-state index contributed by atoms with van der Waals surface area (Å²) in [5, 5.41) is 17.5. The maximum Gasteiger partial charge on any atom is 0.326 e. The van der Waals surface area contributed by atoms with Crippen LogP contribution in [-0.2, 0) is 11.3 Å². The van der Waals surface area contributed by atoms with Crippen molar-refractivity contribution in [2.75, 3.05) is 11.4 Å². The van der Waals surface area contributed by atoms with Crippen LogP contribution >= 0.6 is 11.3 Å². The van der Waals surface area contributed by atoms with E-state index in [1.165, 1.54) is 10.8 Å². The molecule has 0 aliphatic heterocycles. The molecule has 0 fully saturated rings. The Kier molecular flexibility index (Phi) is 8.56. The molecule has 192 valence electrons. The van der Waals surface area contributed by atoms with Crippen LogP contribution in [0.2, 0.25) is 0 Å². The summed E-state index contributed by atoms with van der Waals surface area (Å²) in [4.78, 5) is 31.3. The number of fused-ring (bicyclic) bond motifs is 1. The highest BCUT2D eigenvalue weighted by molar-refractivity contribution is 7.14. The number of carbonyl (C=O) groups excluding carboxylic acids is 1. The van der Waals surface area contributed by atoms with Crippen molar-refractivity contribution in [1.29, 1.82) is 0 Å². The Morgan fingerprint density at radius 2 is 1.76 bits per heavy atom. The van der Waals surface area contributed by atoms with Crippen molar-refractivity contribution in [1.82, 2.24) is 10.3 Å². The molecule has 0 saturated heterocycles. The van der Waals surface area contributed by atoms with Gasteiger partial charge in [-0.15, -0.1) is 11.3 Å². The molecular weight excluding hydrogens is 482 g/mol. The van der Waals surface area contributed by atoms with Crippen LogP contribution < -0.4 is 10.2 Å². The van der Waals surface area contributed by atoms with E-state index in [0.717, 1.165) is 41.3 Å². The maximum absolute atomic E-state index is 12.6. The number of amides is 1. The summed E-state index contributed by atoms with van der Waals surface area (Å²) in [6.07, 6.45) is 2.14. The van der Waals surface area contributed by atoms with Crippen molar-refractivity contribution < 1.29 is 14.7 Å². The Morgan fingerprint density at radius 3 is 2.43 bits per heavy atom. The van der Waals surface area contributed by atoms with E-state index < -0.39 is 12.0 Å². The molecule has 0 radical (unpaired) electrons. The second kappa shape index (κ2) is 12.0. The van der Waals surface area contributed by atoms with Crippen LogP contribution in [0.15, 0.2) is 72.1 Å². The second-order valence-corrected chi connectivity index (χ2v) is 10.4. The van der Waals surface area contributed by atoms with Gasteiger partial charge in [0.15, 0.2) is 5.13 Å². The highest BCUT2D eigenvalue weighted by atomic mass is 32.1. The highest BCUT2D eigenvalue weighted by Crippen LogP contribution is 2.30. The zero-order valence-electron chi connectivity index (χ0n) is 21.5. The van der Waals surface area contributed by atoms with Gasteiger partial charge in [-0.05, 0) is 46.9 Å². The average Bonchev–Trinajstić information content (AvgIpc) is 3.39. The smallest absolute Gasteiger partial charge is 0.326 e. The molecule has 0 spiro atoms. The van der Waals surface area contributed by atoms with Crippen LogP contribution in [0.25, 0.3) is 22.0 Å². The standard InChI is InChI=1S/C30H33N3O3S/c1-4-5-16-33(18-21-10-12-23(13-11-21)28(34)32-27(20(2)3)29(35)36)30-31-26(19-37-30)25-15-14-22-8-6-7-9-24(22)17-25/h6-15,17,19-20,27H,4-5,16,18H2,1-3H3,(H,32,34)(H,35,36). The summed E-state index contributed by atoms with van der Waals surface area (Å²) in [6.45, 7) is 7.29. The van der Waals surface area contributed by atoms with Crippen LogP contribution in [0.1, 0.15) is 49.5 Å². The summed E-state index contributed by atoms with van der Waals surface area (Å²) < 4.78 is 0. The van der Waals surface area contributed by atoms with Crippen molar-refractivity contribution in [3.63, 3.8) is 0 Å². The molecule has 0 aliphatic carbocycles. The van der Waals surface area contributed by atoms with Gasteiger partial charge in [-0.2, -0.15) is 0 Å². The fourth-order valence-electron chi connectivity index (χ4n) is 4.20. The lowest BCUT2D eigenvalue weighted by Gasteiger charge is -2.22. The molecule has 3 aromatic carbocycles. The van der Waals surface area contributed by atoms with E-state index in [1.807, 2.05) is 18.2 Å². The van der Waals surface area contributed by atoms with Crippen molar-refractivity contribution in [3.05, 3.63) is 83.2 Å². The van der Waals surface area contributed by atoms with Gasteiger partial charge in [0.25, 0.3) is 5.91 Å². The number of nitrogens with zero attached hydrogens (tertiary/aromatic N) is 2. The normalized spacial score (nSPS) is 12.0. The molecule has 4 rings (SSSR count). The first kappa shape index (κ1) is 26.4. The Bertz CT molecular complexity index is 1360. The number of carboxylic acid groups (broad SMARTS) is 1. The fourth-order valence-corrected chi connectivity index (χ4v) is 5.06. The van der Waals surface area contributed by atoms with Crippen LogP contribution in [-0.4, -0.2) is 34.6 Å². The van der Waals surface area contributed by atoms with Gasteiger partial charge in [-0.25, -0.2) is 9.78 Å². The summed E-state index contributed by atoms with van der Waals surface area (Å²) in [5.74, 6) is -1.61. The number of rotatable bonds is 11. The van der Waals surface area contributed by atoms with Gasteiger partial charge in [0.05, 0.1) is 5.69 Å². The third-order valence-electron chi connectivity index (χ3n) is 6.40. The number of hydrogen-bond donors (Lipinski definition) is 2. The molecule has 6 nitrogen and oxygen atoms in total. The molecule has 1 aromatic heterocycles. The second-order valence-electron chi connectivity index (χ2n) is 9.58. The molecule has 0 bridgehead atoms. The van der Waals surface area contributed by atoms with Gasteiger partial charge >= 0.3 is 5.97 Å². The highest BCUT2D eigenvalue weighted by Gasteiger charge is 2.24. The summed E-state index contributed by atoms with van der Waals surface area (Å²) in [7, 11) is 0. The number of thiazole rings is 1. The Labute approximate surface area is 222 Å². The van der Waals surface area contributed by atoms with Crippen molar-refractivity contribution >= 4 is 39.1 Å². The van der Waals surface area contributed by atoms with Gasteiger partial charge in [0.2, 0.25) is 0 Å². The zero-order valence-corrected chi connectivity index (χ0v) is 22.3. The van der Waals surface area contributed by atoms with Crippen molar-refractivity contribution in [3.8, 4) is 11.3 Å². The molecular formula is C30H33N3O3S. The molecule has 4 aromatic rings. The number of benzene rings is 3. The number of carbonyl (C=O) groups is 2. The van der Waals surface area contributed by atoms with E-state index in [0.29, 0.717) is 12.1 Å². The van der Waals surface area contributed by atoms with Crippen molar-refractivity contribution in [2.24, 2.45) is 5.92 Å². The number of aromatic nitrogens is 1. The monoisotopic (exact) mass is 515 g/mol. The Balaban J connectivity index is 1.49. The lowest BCUT2D eigenvalue weighted by molar-refractivity contribution is -0.140. The van der Waals surface area contributed by atoms with Crippen LogP contribution in [0.5, 0.6) is 0 Å². The molecule has 1 atom stereocenters. The van der Waals surface area contributed by atoms with E-state index >= 15 is 0 Å². The number of anilines is 1. The number of unbranched alkanes of at least 4 members (excludes halogenated alkanes) is 1. The average molecular weight is 516 g/mol. The van der Waals surface area contributed by atoms with Gasteiger partial charge in [0, 0.05) is 29.6 Å². The lowest BCUT2D eigenvalue weighted by Crippen LogP contribution is -2.44. The minimum absolute atomic E-state index is 0.203. The van der Waals surface area contributed by atoms with Gasteiger partial charge in [0.1, 0.15) is 6.04 Å². The summed E-state index contributed by atoms with van der Waals surface area (Å²) in [6, 6.07) is 21.2. The van der Waals surface area contributed by atoms with E-state index in [-0.39, 0.29) is 11.8 Å². The molecule has 0 saturated carbocycles. The summed E-state index contributed by atoms with van der Waals surface area (Å²) >= 11 is 1.64. The minimum Gasteiger partial charge on any atom is -0.480 e. The zero-order chi connectivity index (χ0) is 26.4. The minimum atomic E-state index is -1.03. The van der Waals surface area contributed by atoms with Gasteiger partial charge in [-0.1, -0.05) is 75.7 Å². The van der Waals surface area contributed by atoms with E-state index in [4.69, 9.17) is 4.98 Å². The SMILES string of the molecule is CCCCN(Cc1ccc(C(=O)NC(C(=O)O)C(C)C)cc1)c1nc(-c2ccc3ccccc3c2)cs1. The first-order valence-electron chi connectivity index (χ1n) is 12.7. The first-order valence-corrected chi connectivity index (χ1v) is 13.6. The number of carboxylic acids is 1. The number of aliphatic carboxylic acids is 1. The largest absolute Gasteiger partial charge is 0.480 e. The fraction of sp³-hybridized carbons (Fsp3) is 0.300. The Morgan fingerprint density at radius 1 is 1.03 bits per heavy atom.